The summed E-state index contributed by atoms with van der Waals surface area (Å²) >= 11 is 0. The predicted octanol–water partition coefficient (Wildman–Crippen LogP) is 3.54. The van der Waals surface area contributed by atoms with E-state index in [9.17, 15) is 13.6 Å². The number of carbonyl (C=O) groups excluding carboxylic acids is 1. The molecule has 0 saturated heterocycles. The van der Waals surface area contributed by atoms with Crippen molar-refractivity contribution in [2.45, 2.75) is 18.9 Å². The largest absolute Gasteiger partial charge is 0.342 e. The lowest BCUT2D eigenvalue weighted by atomic mass is 10.0. The molecule has 1 N–H and O–H groups in total. The van der Waals surface area contributed by atoms with E-state index in [1.165, 1.54) is 6.07 Å². The van der Waals surface area contributed by atoms with E-state index in [0.717, 1.165) is 17.7 Å². The van der Waals surface area contributed by atoms with Gasteiger partial charge in [-0.1, -0.05) is 36.4 Å². The molecule has 26 heavy (non-hydrogen) atoms. The molecule has 134 valence electrons. The molecule has 0 fully saturated rings. The van der Waals surface area contributed by atoms with Crippen molar-refractivity contribution >= 4 is 5.91 Å². The number of halogens is 2. The zero-order chi connectivity index (χ0) is 18.5. The molecule has 1 atom stereocenters. The van der Waals surface area contributed by atoms with Gasteiger partial charge >= 0.3 is 0 Å². The van der Waals surface area contributed by atoms with Gasteiger partial charge in [0.15, 0.2) is 11.6 Å². The van der Waals surface area contributed by atoms with Crippen LogP contribution in [0.25, 0.3) is 0 Å². The van der Waals surface area contributed by atoms with Crippen LogP contribution in [0.2, 0.25) is 0 Å². The highest BCUT2D eigenvalue weighted by Gasteiger charge is 2.22. The highest BCUT2D eigenvalue weighted by atomic mass is 19.2. The minimum atomic E-state index is -0.958. The fourth-order valence-corrected chi connectivity index (χ4v) is 2.78. The normalized spacial score (nSPS) is 12.0. The summed E-state index contributed by atoms with van der Waals surface area (Å²) in [5.41, 5.74) is 1.50. The van der Waals surface area contributed by atoms with E-state index in [1.807, 2.05) is 30.3 Å². The first kappa shape index (κ1) is 17.8. The third kappa shape index (κ3) is 4.14. The Morgan fingerprint density at radius 1 is 1.15 bits per heavy atom. The zero-order valence-corrected chi connectivity index (χ0v) is 14.3. The maximum atomic E-state index is 13.7. The first-order valence-electron chi connectivity index (χ1n) is 8.30. The number of benzene rings is 2. The van der Waals surface area contributed by atoms with Gasteiger partial charge in [0.05, 0.1) is 0 Å². The topological polar surface area (TPSA) is 46.9 Å². The van der Waals surface area contributed by atoms with Crippen molar-refractivity contribution in [3.63, 3.8) is 0 Å². The van der Waals surface area contributed by atoms with E-state index < -0.39 is 17.7 Å². The molecule has 2 aromatic carbocycles. The number of amides is 1. The molecule has 3 rings (SSSR count). The molecule has 0 radical (unpaired) electrons. The van der Waals surface area contributed by atoms with Crippen LogP contribution < -0.4 is 5.32 Å². The number of aromatic nitrogens is 2. The van der Waals surface area contributed by atoms with Gasteiger partial charge in [-0.3, -0.25) is 4.79 Å². The zero-order valence-electron chi connectivity index (χ0n) is 14.3. The van der Waals surface area contributed by atoms with Crippen molar-refractivity contribution in [3.05, 3.63) is 89.5 Å². The van der Waals surface area contributed by atoms with Crippen LogP contribution in [0.5, 0.6) is 0 Å². The average Bonchev–Trinajstić information content (AvgIpc) is 3.07. The van der Waals surface area contributed by atoms with E-state index in [-0.39, 0.29) is 12.3 Å². The summed E-state index contributed by atoms with van der Waals surface area (Å²) in [4.78, 5) is 16.7. The number of nitrogens with one attached hydrogen (secondary N) is 1. The van der Waals surface area contributed by atoms with Crippen LogP contribution >= 0.6 is 0 Å². The van der Waals surface area contributed by atoms with Crippen molar-refractivity contribution in [1.29, 1.82) is 0 Å². The first-order valence-corrected chi connectivity index (χ1v) is 8.30. The summed E-state index contributed by atoms with van der Waals surface area (Å²) in [6.07, 6.45) is 4.21. The fraction of sp³-hybridized carbons (Fsp3) is 0.200. The number of nitrogens with zero attached hydrogens (tertiary/aromatic N) is 2. The Labute approximate surface area is 150 Å². The minimum Gasteiger partial charge on any atom is -0.342 e. The standard InChI is InChI=1S/C20H19F2N3O/c1-25-12-11-23-20(25)19(15-8-9-16(21)17(22)13-15)24-18(26)10-7-14-5-3-2-4-6-14/h2-6,8-9,11-13,19H,7,10H2,1H3,(H,24,26)/t19-/m1/s1. The second kappa shape index (κ2) is 7.91. The van der Waals surface area contributed by atoms with Gasteiger partial charge in [0.25, 0.3) is 0 Å². The molecule has 0 aliphatic rings. The summed E-state index contributed by atoms with van der Waals surface area (Å²) in [5.74, 6) is -1.53. The number of hydrogen-bond acceptors (Lipinski definition) is 2. The lowest BCUT2D eigenvalue weighted by molar-refractivity contribution is -0.121. The van der Waals surface area contributed by atoms with Gasteiger partial charge in [0, 0.05) is 25.9 Å². The average molecular weight is 355 g/mol. The molecule has 0 aliphatic carbocycles. The fourth-order valence-electron chi connectivity index (χ4n) is 2.78. The van der Waals surface area contributed by atoms with Crippen LogP contribution in [0.3, 0.4) is 0 Å². The number of aryl methyl sites for hydroxylation is 2. The summed E-state index contributed by atoms with van der Waals surface area (Å²) in [6, 6.07) is 12.6. The van der Waals surface area contributed by atoms with Crippen molar-refractivity contribution in [2.75, 3.05) is 0 Å². The number of hydrogen-bond donors (Lipinski definition) is 1. The second-order valence-electron chi connectivity index (χ2n) is 6.06. The molecular weight excluding hydrogens is 336 g/mol. The Hall–Kier alpha value is -3.02. The highest BCUT2D eigenvalue weighted by molar-refractivity contribution is 5.77. The quantitative estimate of drug-likeness (QED) is 0.735. The molecule has 1 heterocycles. The monoisotopic (exact) mass is 355 g/mol. The van der Waals surface area contributed by atoms with Gasteiger partial charge < -0.3 is 9.88 Å². The summed E-state index contributed by atoms with van der Waals surface area (Å²) < 4.78 is 28.7. The van der Waals surface area contributed by atoms with Crippen molar-refractivity contribution in [2.24, 2.45) is 7.05 Å². The highest BCUT2D eigenvalue weighted by Crippen LogP contribution is 2.22. The van der Waals surface area contributed by atoms with Crippen LogP contribution in [-0.2, 0) is 18.3 Å². The van der Waals surface area contributed by atoms with E-state index in [1.54, 1.807) is 24.0 Å². The summed E-state index contributed by atoms with van der Waals surface area (Å²) in [5, 5.41) is 2.88. The van der Waals surface area contributed by atoms with E-state index >= 15 is 0 Å². The molecule has 3 aromatic rings. The van der Waals surface area contributed by atoms with Crippen LogP contribution in [0.15, 0.2) is 60.9 Å². The van der Waals surface area contributed by atoms with Crippen molar-refractivity contribution in [1.82, 2.24) is 14.9 Å². The predicted molar refractivity (Wildman–Crippen MR) is 94.3 cm³/mol. The first-order chi connectivity index (χ1) is 12.5. The van der Waals surface area contributed by atoms with Gasteiger partial charge in [-0.25, -0.2) is 13.8 Å². The van der Waals surface area contributed by atoms with E-state index in [0.29, 0.717) is 17.8 Å². The minimum absolute atomic E-state index is 0.188. The Morgan fingerprint density at radius 2 is 1.92 bits per heavy atom. The third-order valence-electron chi connectivity index (χ3n) is 4.18. The summed E-state index contributed by atoms with van der Waals surface area (Å²) in [6.45, 7) is 0. The van der Waals surface area contributed by atoms with E-state index in [4.69, 9.17) is 0 Å². The van der Waals surface area contributed by atoms with Crippen LogP contribution in [0.4, 0.5) is 8.78 Å². The molecule has 0 unspecified atom stereocenters. The van der Waals surface area contributed by atoms with Gasteiger partial charge in [-0.05, 0) is 29.7 Å². The molecule has 4 nitrogen and oxygen atoms in total. The van der Waals surface area contributed by atoms with Gasteiger partial charge in [0.2, 0.25) is 5.91 Å². The SMILES string of the molecule is Cn1ccnc1[C@H](NC(=O)CCc1ccccc1)c1ccc(F)c(F)c1. The Morgan fingerprint density at radius 3 is 2.58 bits per heavy atom. The van der Waals surface area contributed by atoms with Gasteiger partial charge in [-0.2, -0.15) is 0 Å². The maximum Gasteiger partial charge on any atom is 0.221 e. The smallest absolute Gasteiger partial charge is 0.221 e. The Bertz CT molecular complexity index is 893. The Kier molecular flexibility index (Phi) is 5.41. The molecule has 6 heteroatoms. The Balaban J connectivity index is 1.78. The number of carbonyl (C=O) groups is 1. The molecule has 0 bridgehead atoms. The lowest BCUT2D eigenvalue weighted by Gasteiger charge is -2.19. The number of rotatable bonds is 6. The molecule has 0 saturated carbocycles. The van der Waals surface area contributed by atoms with Gasteiger partial charge in [0.1, 0.15) is 11.9 Å². The van der Waals surface area contributed by atoms with Crippen LogP contribution in [0.1, 0.15) is 29.4 Å². The maximum absolute atomic E-state index is 13.7. The molecule has 0 aliphatic heterocycles. The lowest BCUT2D eigenvalue weighted by Crippen LogP contribution is -2.31. The second-order valence-corrected chi connectivity index (χ2v) is 6.06. The van der Waals surface area contributed by atoms with E-state index in [2.05, 4.69) is 10.3 Å². The number of imidazole rings is 1. The van der Waals surface area contributed by atoms with Crippen LogP contribution in [0, 0.1) is 11.6 Å². The molecule has 0 spiro atoms. The van der Waals surface area contributed by atoms with Gasteiger partial charge in [-0.15, -0.1) is 0 Å². The van der Waals surface area contributed by atoms with Crippen LogP contribution in [-0.4, -0.2) is 15.5 Å². The molecule has 1 amide bonds. The molecule has 1 aromatic heterocycles. The third-order valence-corrected chi connectivity index (χ3v) is 4.18. The summed E-state index contributed by atoms with van der Waals surface area (Å²) in [7, 11) is 1.78. The molecular formula is C20H19F2N3O. The van der Waals surface area contributed by atoms with Crippen molar-refractivity contribution < 1.29 is 13.6 Å². The van der Waals surface area contributed by atoms with Crippen molar-refractivity contribution in [3.8, 4) is 0 Å².